The van der Waals surface area contributed by atoms with E-state index in [1.165, 1.54) is 6.33 Å². The van der Waals surface area contributed by atoms with Gasteiger partial charge in [-0.05, 0) is 0 Å². The molecule has 0 atom stereocenters. The second kappa shape index (κ2) is 3.44. The zero-order valence-electron chi connectivity index (χ0n) is 5.87. The zero-order chi connectivity index (χ0) is 6.97. The number of aromatic nitrogens is 3. The number of thiazole rings is 1. The molecular formula is C5H3N3NaOS. The molecule has 0 amide bonds. The molecule has 0 aliphatic rings. The van der Waals surface area contributed by atoms with E-state index < -0.39 is 0 Å². The summed E-state index contributed by atoms with van der Waals surface area (Å²) in [5.74, 6) is 0. The summed E-state index contributed by atoms with van der Waals surface area (Å²) in [6.07, 6.45) is 3.02. The van der Waals surface area contributed by atoms with E-state index in [1.54, 1.807) is 6.20 Å². The number of hydrogen-bond acceptors (Lipinski definition) is 4. The second-order valence-electron chi connectivity index (χ2n) is 1.75. The van der Waals surface area contributed by atoms with Crippen LogP contribution in [0.5, 0.6) is 0 Å². The average molecular weight is 176 g/mol. The van der Waals surface area contributed by atoms with E-state index in [9.17, 15) is 4.79 Å². The first-order chi connectivity index (χ1) is 4.86. The molecule has 4 nitrogen and oxygen atoms in total. The summed E-state index contributed by atoms with van der Waals surface area (Å²) >= 11 is 1.12. The van der Waals surface area contributed by atoms with E-state index in [-0.39, 0.29) is 34.4 Å². The molecule has 0 fully saturated rings. The molecule has 0 aliphatic heterocycles. The first-order valence-electron chi connectivity index (χ1n) is 2.65. The van der Waals surface area contributed by atoms with Crippen molar-refractivity contribution in [1.82, 2.24) is 15.0 Å². The second-order valence-corrected chi connectivity index (χ2v) is 2.76. The zero-order valence-corrected chi connectivity index (χ0v) is 8.68. The number of aromatic amines is 1. The Morgan fingerprint density at radius 1 is 1.55 bits per heavy atom. The van der Waals surface area contributed by atoms with Gasteiger partial charge in [0.05, 0.1) is 4.70 Å². The Morgan fingerprint density at radius 3 is 3.09 bits per heavy atom. The van der Waals surface area contributed by atoms with Crippen molar-refractivity contribution in [3.63, 3.8) is 0 Å². The number of rotatable bonds is 0. The Labute approximate surface area is 88.0 Å². The molecular weight excluding hydrogens is 173 g/mol. The summed E-state index contributed by atoms with van der Waals surface area (Å²) in [4.78, 5) is 20.8. The summed E-state index contributed by atoms with van der Waals surface area (Å²) < 4.78 is 0.799. The van der Waals surface area contributed by atoms with Crippen molar-refractivity contribution >= 4 is 51.2 Å². The van der Waals surface area contributed by atoms with Crippen molar-refractivity contribution in [2.75, 3.05) is 0 Å². The summed E-state index contributed by atoms with van der Waals surface area (Å²) in [6, 6.07) is 0. The quantitative estimate of drug-likeness (QED) is 0.575. The minimum atomic E-state index is -0.0875. The maximum absolute atomic E-state index is 10.7. The fourth-order valence-electron chi connectivity index (χ4n) is 0.707. The number of nitrogens with one attached hydrogen (secondary N) is 1. The van der Waals surface area contributed by atoms with Crippen LogP contribution in [0, 0.1) is 0 Å². The van der Waals surface area contributed by atoms with Crippen molar-refractivity contribution in [2.24, 2.45) is 0 Å². The Kier molecular flexibility index (Phi) is 2.78. The van der Waals surface area contributed by atoms with E-state index in [0.717, 1.165) is 16.0 Å². The van der Waals surface area contributed by atoms with E-state index in [0.29, 0.717) is 5.65 Å². The molecule has 0 bridgehead atoms. The van der Waals surface area contributed by atoms with Gasteiger partial charge in [0, 0.05) is 35.8 Å². The van der Waals surface area contributed by atoms with Crippen molar-refractivity contribution in [3.8, 4) is 0 Å². The smallest absolute Gasteiger partial charge is 0.297 e. The van der Waals surface area contributed by atoms with Gasteiger partial charge in [-0.3, -0.25) is 9.78 Å². The van der Waals surface area contributed by atoms with E-state index >= 15 is 0 Å². The Bertz CT molecular complexity index is 373. The normalized spacial score (nSPS) is 9.45. The molecule has 0 saturated carbocycles. The van der Waals surface area contributed by atoms with Gasteiger partial charge < -0.3 is 0 Å². The molecule has 0 spiro atoms. The first-order valence-corrected chi connectivity index (χ1v) is 3.47. The molecule has 2 aromatic rings. The predicted molar refractivity (Wildman–Crippen MR) is 43.8 cm³/mol. The molecule has 1 N–H and O–H groups in total. The maximum atomic E-state index is 10.7. The summed E-state index contributed by atoms with van der Waals surface area (Å²) in [7, 11) is 0. The van der Waals surface area contributed by atoms with Gasteiger partial charge in [-0.2, -0.15) is 0 Å². The van der Waals surface area contributed by atoms with Gasteiger partial charge in [0.15, 0.2) is 5.65 Å². The van der Waals surface area contributed by atoms with Crippen LogP contribution >= 0.6 is 11.3 Å². The monoisotopic (exact) mass is 176 g/mol. The van der Waals surface area contributed by atoms with Crippen LogP contribution in [0.3, 0.4) is 0 Å². The van der Waals surface area contributed by atoms with Gasteiger partial charge in [0.25, 0.3) is 0 Å². The van der Waals surface area contributed by atoms with E-state index in [2.05, 4.69) is 15.0 Å². The number of hydrogen-bond donors (Lipinski definition) is 1. The molecule has 0 unspecified atom stereocenters. The van der Waals surface area contributed by atoms with Crippen LogP contribution in [0.15, 0.2) is 17.3 Å². The minimum absolute atomic E-state index is 0. The number of H-pyrrole nitrogens is 1. The van der Waals surface area contributed by atoms with Crippen LogP contribution in [0.2, 0.25) is 0 Å². The van der Waals surface area contributed by atoms with Gasteiger partial charge in [-0.1, -0.05) is 11.3 Å². The van der Waals surface area contributed by atoms with Crippen LogP contribution in [-0.2, 0) is 0 Å². The Hall–Kier alpha value is -0.230. The molecule has 2 heterocycles. The van der Waals surface area contributed by atoms with Gasteiger partial charge in [0.2, 0.25) is 0 Å². The van der Waals surface area contributed by atoms with Crippen LogP contribution in [0.1, 0.15) is 0 Å². The van der Waals surface area contributed by atoms with Gasteiger partial charge >= 0.3 is 4.87 Å². The molecule has 0 aliphatic carbocycles. The van der Waals surface area contributed by atoms with Crippen LogP contribution in [-0.4, -0.2) is 44.5 Å². The van der Waals surface area contributed by atoms with E-state index in [4.69, 9.17) is 0 Å². The van der Waals surface area contributed by atoms with Crippen LogP contribution in [0.25, 0.3) is 10.3 Å². The topological polar surface area (TPSA) is 58.6 Å². The summed E-state index contributed by atoms with van der Waals surface area (Å²) in [5, 5.41) is 0. The number of nitrogens with zero attached hydrogens (tertiary/aromatic N) is 2. The molecule has 2 aromatic heterocycles. The molecule has 2 rings (SSSR count). The number of fused-ring (bicyclic) bond motifs is 1. The molecule has 0 saturated heterocycles. The fourth-order valence-corrected chi connectivity index (χ4v) is 1.37. The standard InChI is InChI=1S/C5H3N3OS.Na/c9-5-8-4-3(10-5)1-6-2-7-4;/h1-2H,(H,6,7,8,9);. The first kappa shape index (κ1) is 8.86. The van der Waals surface area contributed by atoms with Crippen molar-refractivity contribution in [2.45, 2.75) is 0 Å². The van der Waals surface area contributed by atoms with E-state index in [1.807, 2.05) is 0 Å². The fraction of sp³-hybridized carbons (Fsp3) is 0. The van der Waals surface area contributed by atoms with Crippen molar-refractivity contribution < 1.29 is 0 Å². The Balaban J connectivity index is 0.000000605. The average Bonchev–Trinajstić information content (AvgIpc) is 2.27. The van der Waals surface area contributed by atoms with Gasteiger partial charge in [-0.15, -0.1) is 0 Å². The summed E-state index contributed by atoms with van der Waals surface area (Å²) in [5.41, 5.74) is 0.616. The van der Waals surface area contributed by atoms with Gasteiger partial charge in [-0.25, -0.2) is 9.97 Å². The summed E-state index contributed by atoms with van der Waals surface area (Å²) in [6.45, 7) is 0. The third-order valence-electron chi connectivity index (χ3n) is 1.10. The maximum Gasteiger partial charge on any atom is 0.306 e. The SMILES string of the molecule is O=c1[nH]c2ncncc2s1.[Na]. The third kappa shape index (κ3) is 1.67. The molecule has 11 heavy (non-hydrogen) atoms. The largest absolute Gasteiger partial charge is 0.306 e. The minimum Gasteiger partial charge on any atom is -0.297 e. The third-order valence-corrected chi connectivity index (χ3v) is 1.91. The molecule has 1 radical (unpaired) electrons. The molecule has 6 heteroatoms. The van der Waals surface area contributed by atoms with Crippen molar-refractivity contribution in [3.05, 3.63) is 22.2 Å². The molecule has 51 valence electrons. The predicted octanol–water partition coefficient (Wildman–Crippen LogP) is -0.00120. The van der Waals surface area contributed by atoms with Crippen LogP contribution < -0.4 is 4.87 Å². The Morgan fingerprint density at radius 2 is 2.36 bits per heavy atom. The van der Waals surface area contributed by atoms with Crippen LogP contribution in [0.4, 0.5) is 0 Å². The van der Waals surface area contributed by atoms with Crippen molar-refractivity contribution in [1.29, 1.82) is 0 Å². The van der Waals surface area contributed by atoms with Gasteiger partial charge in [0.1, 0.15) is 6.33 Å². The molecule has 0 aromatic carbocycles.